The summed E-state index contributed by atoms with van der Waals surface area (Å²) in [5.74, 6) is 1.10. The van der Waals surface area contributed by atoms with Crippen LogP contribution in [0.15, 0.2) is 24.4 Å². The topological polar surface area (TPSA) is 77.4 Å². The van der Waals surface area contributed by atoms with Crippen LogP contribution < -0.4 is 9.47 Å². The maximum atomic E-state index is 10.4. The molecular weight excluding hydrogens is 236 g/mol. The fourth-order valence-corrected chi connectivity index (χ4v) is 1.84. The summed E-state index contributed by atoms with van der Waals surface area (Å²) in [7, 11) is 3.05. The lowest BCUT2D eigenvalue weighted by Gasteiger charge is -2.02. The van der Waals surface area contributed by atoms with Crippen LogP contribution in [0, 0.1) is 10.1 Å². The van der Waals surface area contributed by atoms with Crippen LogP contribution in [0.2, 0.25) is 0 Å². The molecule has 1 heterocycles. The van der Waals surface area contributed by atoms with Gasteiger partial charge >= 0.3 is 0 Å². The average molecular weight is 248 g/mol. The van der Waals surface area contributed by atoms with Gasteiger partial charge in [0.1, 0.15) is 5.75 Å². The van der Waals surface area contributed by atoms with Gasteiger partial charge in [-0.15, -0.1) is 0 Å². The molecule has 0 aliphatic heterocycles. The zero-order chi connectivity index (χ0) is 13.1. The van der Waals surface area contributed by atoms with E-state index in [-0.39, 0.29) is 0 Å². The minimum atomic E-state index is -0.520. The Morgan fingerprint density at radius 3 is 2.72 bits per heavy atom. The van der Waals surface area contributed by atoms with Gasteiger partial charge in [0.05, 0.1) is 35.6 Å². The molecule has 6 heteroatoms. The van der Waals surface area contributed by atoms with E-state index < -0.39 is 4.92 Å². The van der Waals surface area contributed by atoms with Crippen LogP contribution in [-0.4, -0.2) is 24.1 Å². The van der Waals surface area contributed by atoms with E-state index in [2.05, 4.69) is 4.98 Å². The third-order valence-electron chi connectivity index (χ3n) is 2.58. The van der Waals surface area contributed by atoms with E-state index in [0.717, 1.165) is 17.1 Å². The number of aromatic amines is 1. The molecule has 0 bridgehead atoms. The maximum absolute atomic E-state index is 10.4. The van der Waals surface area contributed by atoms with E-state index in [4.69, 9.17) is 9.47 Å². The van der Waals surface area contributed by atoms with Gasteiger partial charge in [0, 0.05) is 6.08 Å². The SMILES string of the molecule is COc1[nH]c2cccc(OC)c2c1C=C[N+](=O)[O-]. The number of nitrogens with zero attached hydrogens (tertiary/aromatic N) is 1. The largest absolute Gasteiger partial charge is 0.496 e. The summed E-state index contributed by atoms with van der Waals surface area (Å²) in [6.45, 7) is 0. The number of aromatic nitrogens is 1. The number of H-pyrrole nitrogens is 1. The van der Waals surface area contributed by atoms with Crippen LogP contribution in [0.25, 0.3) is 17.0 Å². The van der Waals surface area contributed by atoms with Gasteiger partial charge in [-0.2, -0.15) is 0 Å². The molecule has 0 aliphatic carbocycles. The van der Waals surface area contributed by atoms with Crippen LogP contribution >= 0.6 is 0 Å². The van der Waals surface area contributed by atoms with Gasteiger partial charge in [0.15, 0.2) is 5.88 Å². The van der Waals surface area contributed by atoms with Gasteiger partial charge in [-0.1, -0.05) is 6.07 Å². The Balaban J connectivity index is 2.70. The van der Waals surface area contributed by atoms with Crippen molar-refractivity contribution in [3.8, 4) is 11.6 Å². The van der Waals surface area contributed by atoms with Crippen molar-refractivity contribution in [2.24, 2.45) is 0 Å². The first-order valence-electron chi connectivity index (χ1n) is 5.21. The highest BCUT2D eigenvalue weighted by atomic mass is 16.6. The molecule has 18 heavy (non-hydrogen) atoms. The fourth-order valence-electron chi connectivity index (χ4n) is 1.84. The molecule has 2 aromatic rings. The number of nitrogens with one attached hydrogen (secondary N) is 1. The minimum Gasteiger partial charge on any atom is -0.496 e. The Kier molecular flexibility index (Phi) is 3.18. The molecule has 0 fully saturated rings. The first-order valence-corrected chi connectivity index (χ1v) is 5.21. The highest BCUT2D eigenvalue weighted by molar-refractivity contribution is 5.96. The standard InChI is InChI=1S/C12H12N2O4/c1-17-10-5-3-4-9-11(10)8(6-7-14(15)16)12(13-9)18-2/h3-7,13H,1-2H3. The van der Waals surface area contributed by atoms with Crippen LogP contribution in [0.4, 0.5) is 0 Å². The normalized spacial score (nSPS) is 11.0. The van der Waals surface area contributed by atoms with Gasteiger partial charge < -0.3 is 14.5 Å². The minimum absolute atomic E-state index is 0.465. The van der Waals surface area contributed by atoms with Crippen LogP contribution in [0.5, 0.6) is 11.6 Å². The first-order chi connectivity index (χ1) is 8.67. The average Bonchev–Trinajstić information content (AvgIpc) is 2.73. The predicted octanol–water partition coefficient (Wildman–Crippen LogP) is 2.43. The molecule has 94 valence electrons. The molecule has 6 nitrogen and oxygen atoms in total. The number of nitro groups is 1. The van der Waals surface area contributed by atoms with Crippen molar-refractivity contribution in [2.75, 3.05) is 14.2 Å². The molecule has 0 atom stereocenters. The lowest BCUT2D eigenvalue weighted by Crippen LogP contribution is -1.87. The Morgan fingerprint density at radius 1 is 1.33 bits per heavy atom. The van der Waals surface area contributed by atoms with Gasteiger partial charge in [-0.05, 0) is 12.1 Å². The molecule has 0 radical (unpaired) electrons. The summed E-state index contributed by atoms with van der Waals surface area (Å²) in [5, 5.41) is 11.2. The van der Waals surface area contributed by atoms with Crippen molar-refractivity contribution in [1.29, 1.82) is 0 Å². The van der Waals surface area contributed by atoms with Gasteiger partial charge in [0.25, 0.3) is 0 Å². The Labute approximate surface area is 103 Å². The van der Waals surface area contributed by atoms with E-state index in [1.807, 2.05) is 12.1 Å². The van der Waals surface area contributed by atoms with E-state index in [9.17, 15) is 10.1 Å². The monoisotopic (exact) mass is 248 g/mol. The van der Waals surface area contributed by atoms with Crippen molar-refractivity contribution in [2.45, 2.75) is 0 Å². The number of rotatable bonds is 4. The summed E-state index contributed by atoms with van der Waals surface area (Å²) in [5.41, 5.74) is 1.40. The molecule has 0 saturated heterocycles. The Bertz CT molecular complexity index is 616. The van der Waals surface area contributed by atoms with E-state index >= 15 is 0 Å². The maximum Gasteiger partial charge on any atom is 0.235 e. The first kappa shape index (κ1) is 12.0. The van der Waals surface area contributed by atoms with Crippen molar-refractivity contribution in [3.63, 3.8) is 0 Å². The van der Waals surface area contributed by atoms with Crippen molar-refractivity contribution in [1.82, 2.24) is 4.98 Å². The van der Waals surface area contributed by atoms with Gasteiger partial charge in [-0.3, -0.25) is 10.1 Å². The molecule has 0 unspecified atom stereocenters. The van der Waals surface area contributed by atoms with E-state index in [1.165, 1.54) is 13.2 Å². The third-order valence-corrected chi connectivity index (χ3v) is 2.58. The van der Waals surface area contributed by atoms with Gasteiger partial charge in [0.2, 0.25) is 6.20 Å². The summed E-state index contributed by atoms with van der Waals surface area (Å²) in [6, 6.07) is 5.47. The smallest absolute Gasteiger partial charge is 0.235 e. The van der Waals surface area contributed by atoms with Crippen molar-refractivity contribution < 1.29 is 14.4 Å². The van der Waals surface area contributed by atoms with Crippen molar-refractivity contribution in [3.05, 3.63) is 40.1 Å². The second-order valence-electron chi connectivity index (χ2n) is 3.56. The summed E-state index contributed by atoms with van der Waals surface area (Å²) >= 11 is 0. The van der Waals surface area contributed by atoms with E-state index in [0.29, 0.717) is 17.2 Å². The molecule has 1 aromatic heterocycles. The third kappa shape index (κ3) is 2.00. The van der Waals surface area contributed by atoms with Crippen LogP contribution in [-0.2, 0) is 0 Å². The zero-order valence-electron chi connectivity index (χ0n) is 9.97. The molecular formula is C12H12N2O4. The van der Waals surface area contributed by atoms with Crippen molar-refractivity contribution >= 4 is 17.0 Å². The van der Waals surface area contributed by atoms with Gasteiger partial charge in [-0.25, -0.2) is 0 Å². The highest BCUT2D eigenvalue weighted by Gasteiger charge is 2.14. The highest BCUT2D eigenvalue weighted by Crippen LogP contribution is 2.35. The Hall–Kier alpha value is -2.50. The number of benzene rings is 1. The molecule has 0 saturated carbocycles. The fraction of sp³-hybridized carbons (Fsp3) is 0.167. The molecule has 1 aromatic carbocycles. The van der Waals surface area contributed by atoms with E-state index in [1.54, 1.807) is 13.2 Å². The molecule has 0 aliphatic rings. The lowest BCUT2D eigenvalue weighted by atomic mass is 10.1. The summed E-state index contributed by atoms with van der Waals surface area (Å²) in [4.78, 5) is 12.9. The second kappa shape index (κ2) is 4.79. The summed E-state index contributed by atoms with van der Waals surface area (Å²) in [6.07, 6.45) is 2.26. The molecule has 2 rings (SSSR count). The Morgan fingerprint density at radius 2 is 2.11 bits per heavy atom. The quantitative estimate of drug-likeness (QED) is 0.665. The molecule has 0 spiro atoms. The number of ether oxygens (including phenoxy) is 2. The lowest BCUT2D eigenvalue weighted by molar-refractivity contribution is -0.400. The number of hydrogen-bond acceptors (Lipinski definition) is 4. The molecule has 1 N–H and O–H groups in total. The summed E-state index contributed by atoms with van der Waals surface area (Å²) < 4.78 is 10.4. The molecule has 0 amide bonds. The number of fused-ring (bicyclic) bond motifs is 1. The van der Waals surface area contributed by atoms with Crippen LogP contribution in [0.1, 0.15) is 5.56 Å². The predicted molar refractivity (Wildman–Crippen MR) is 67.4 cm³/mol. The number of hydrogen-bond donors (Lipinski definition) is 1. The number of methoxy groups -OCH3 is 2. The zero-order valence-corrected chi connectivity index (χ0v) is 9.97. The van der Waals surface area contributed by atoms with Crippen LogP contribution in [0.3, 0.4) is 0 Å². The second-order valence-corrected chi connectivity index (χ2v) is 3.56.